The van der Waals surface area contributed by atoms with Crippen LogP contribution >= 0.6 is 0 Å². The predicted molar refractivity (Wildman–Crippen MR) is 113 cm³/mol. The number of amides is 2. The molecule has 6 heteroatoms. The van der Waals surface area contributed by atoms with Gasteiger partial charge in [-0.1, -0.05) is 25.0 Å². The van der Waals surface area contributed by atoms with Crippen LogP contribution in [-0.4, -0.2) is 53.9 Å². The summed E-state index contributed by atoms with van der Waals surface area (Å²) < 4.78 is 0. The molecule has 0 spiro atoms. The molecule has 4 rings (SSSR count). The fraction of sp³-hybridized carbons (Fsp3) is 0.435. The first-order valence-electron chi connectivity index (χ1n) is 10.5. The van der Waals surface area contributed by atoms with E-state index in [0.717, 1.165) is 38.8 Å². The van der Waals surface area contributed by atoms with Crippen molar-refractivity contribution < 1.29 is 9.59 Å². The third-order valence-electron chi connectivity index (χ3n) is 5.86. The lowest BCUT2D eigenvalue weighted by Crippen LogP contribution is -2.48. The van der Waals surface area contributed by atoms with Crippen LogP contribution in [0, 0.1) is 6.92 Å². The summed E-state index contributed by atoms with van der Waals surface area (Å²) >= 11 is 0. The Balaban J connectivity index is 1.38. The zero-order valence-electron chi connectivity index (χ0n) is 16.9. The van der Waals surface area contributed by atoms with Crippen molar-refractivity contribution in [2.24, 2.45) is 0 Å². The maximum atomic E-state index is 13.0. The third kappa shape index (κ3) is 4.58. The molecule has 29 heavy (non-hydrogen) atoms. The first kappa shape index (κ1) is 19.4. The van der Waals surface area contributed by atoms with E-state index in [1.807, 2.05) is 4.90 Å². The molecule has 1 N–H and O–H groups in total. The molecule has 1 aliphatic heterocycles. The van der Waals surface area contributed by atoms with E-state index >= 15 is 0 Å². The summed E-state index contributed by atoms with van der Waals surface area (Å²) in [6, 6.07) is 12.0. The average molecular weight is 393 g/mol. The third-order valence-corrected chi connectivity index (χ3v) is 5.86. The van der Waals surface area contributed by atoms with Crippen molar-refractivity contribution >= 4 is 17.5 Å². The molecule has 1 saturated carbocycles. The van der Waals surface area contributed by atoms with Gasteiger partial charge in [-0.2, -0.15) is 0 Å². The smallest absolute Gasteiger partial charge is 0.270 e. The van der Waals surface area contributed by atoms with Gasteiger partial charge in [-0.15, -0.1) is 0 Å². The van der Waals surface area contributed by atoms with Crippen molar-refractivity contribution in [3.05, 3.63) is 59.4 Å². The van der Waals surface area contributed by atoms with Gasteiger partial charge in [0.2, 0.25) is 0 Å². The number of nitrogens with zero attached hydrogens (tertiary/aromatic N) is 3. The highest BCUT2D eigenvalue weighted by Crippen LogP contribution is 2.20. The molecule has 2 amide bonds. The van der Waals surface area contributed by atoms with Crippen LogP contribution in [0.15, 0.2) is 42.6 Å². The van der Waals surface area contributed by atoms with Gasteiger partial charge in [0.25, 0.3) is 11.8 Å². The quantitative estimate of drug-likeness (QED) is 0.869. The highest BCUT2D eigenvalue weighted by molar-refractivity contribution is 5.98. The van der Waals surface area contributed by atoms with Gasteiger partial charge in [0, 0.05) is 49.7 Å². The number of carbonyl (C=O) groups excluding carboxylic acids is 2. The van der Waals surface area contributed by atoms with Gasteiger partial charge in [0.15, 0.2) is 0 Å². The number of rotatable bonds is 4. The fourth-order valence-corrected chi connectivity index (χ4v) is 4.19. The Labute approximate surface area is 171 Å². The van der Waals surface area contributed by atoms with Gasteiger partial charge in [-0.25, -0.2) is 0 Å². The Morgan fingerprint density at radius 1 is 1.03 bits per heavy atom. The Hall–Kier alpha value is -2.89. The van der Waals surface area contributed by atoms with Gasteiger partial charge in [0.1, 0.15) is 5.69 Å². The minimum atomic E-state index is -0.184. The molecular weight excluding hydrogens is 364 g/mol. The first-order valence-corrected chi connectivity index (χ1v) is 10.5. The summed E-state index contributed by atoms with van der Waals surface area (Å²) in [6.45, 7) is 5.02. The number of nitrogens with one attached hydrogen (secondary N) is 1. The normalized spacial score (nSPS) is 17.4. The number of piperazine rings is 1. The lowest BCUT2D eigenvalue weighted by molar-refractivity contribution is 0.0746. The zero-order chi connectivity index (χ0) is 20.2. The Morgan fingerprint density at radius 3 is 2.52 bits per heavy atom. The molecule has 1 aliphatic carbocycles. The Morgan fingerprint density at radius 2 is 1.79 bits per heavy atom. The van der Waals surface area contributed by atoms with Crippen molar-refractivity contribution in [1.82, 2.24) is 15.2 Å². The molecule has 0 atom stereocenters. The van der Waals surface area contributed by atoms with Crippen LogP contribution in [-0.2, 0) is 0 Å². The number of anilines is 1. The average Bonchev–Trinajstić information content (AvgIpc) is 3.26. The van der Waals surface area contributed by atoms with E-state index in [9.17, 15) is 9.59 Å². The van der Waals surface area contributed by atoms with Crippen LogP contribution in [0.3, 0.4) is 0 Å². The monoisotopic (exact) mass is 392 g/mol. The standard InChI is InChI=1S/C23H28N4O2/c1-17-5-4-8-20(15-17)26-11-13-27(14-12-26)23(29)18-9-10-24-21(16-18)22(28)25-19-6-2-3-7-19/h4-5,8-10,15-16,19H,2-3,6-7,11-14H2,1H3,(H,25,28). The van der Waals surface area contributed by atoms with E-state index in [2.05, 4.69) is 46.4 Å². The van der Waals surface area contributed by atoms with Crippen LogP contribution in [0.5, 0.6) is 0 Å². The van der Waals surface area contributed by atoms with E-state index in [0.29, 0.717) is 24.3 Å². The minimum absolute atomic E-state index is 0.0359. The maximum absolute atomic E-state index is 13.0. The van der Waals surface area contributed by atoms with Crippen molar-refractivity contribution in [1.29, 1.82) is 0 Å². The fourth-order valence-electron chi connectivity index (χ4n) is 4.19. The van der Waals surface area contributed by atoms with Crippen LogP contribution in [0.25, 0.3) is 0 Å². The zero-order valence-corrected chi connectivity index (χ0v) is 16.9. The second-order valence-electron chi connectivity index (χ2n) is 8.00. The number of carbonyl (C=O) groups is 2. The largest absolute Gasteiger partial charge is 0.368 e. The number of hydrogen-bond acceptors (Lipinski definition) is 4. The van der Waals surface area contributed by atoms with Crippen molar-refractivity contribution in [3.8, 4) is 0 Å². The molecule has 2 aromatic rings. The summed E-state index contributed by atoms with van der Waals surface area (Å²) in [6.07, 6.45) is 5.92. The van der Waals surface area contributed by atoms with Gasteiger partial charge in [0.05, 0.1) is 0 Å². The Kier molecular flexibility index (Phi) is 5.79. The van der Waals surface area contributed by atoms with Gasteiger partial charge in [-0.05, 0) is 49.6 Å². The molecule has 2 aliphatic rings. The van der Waals surface area contributed by atoms with E-state index in [-0.39, 0.29) is 17.9 Å². The van der Waals surface area contributed by atoms with Crippen molar-refractivity contribution in [3.63, 3.8) is 0 Å². The summed E-state index contributed by atoms with van der Waals surface area (Å²) in [4.78, 5) is 33.8. The number of aromatic nitrogens is 1. The molecule has 152 valence electrons. The van der Waals surface area contributed by atoms with Crippen LogP contribution in [0.2, 0.25) is 0 Å². The molecule has 2 fully saturated rings. The van der Waals surface area contributed by atoms with Gasteiger partial charge >= 0.3 is 0 Å². The summed E-state index contributed by atoms with van der Waals surface area (Å²) in [7, 11) is 0. The molecule has 0 radical (unpaired) electrons. The number of aryl methyl sites for hydroxylation is 1. The van der Waals surface area contributed by atoms with E-state index < -0.39 is 0 Å². The molecule has 2 heterocycles. The minimum Gasteiger partial charge on any atom is -0.368 e. The predicted octanol–water partition coefficient (Wildman–Crippen LogP) is 3.02. The summed E-state index contributed by atoms with van der Waals surface area (Å²) in [5.41, 5.74) is 3.29. The SMILES string of the molecule is Cc1cccc(N2CCN(C(=O)c3ccnc(C(=O)NC4CCCC4)c3)CC2)c1. The summed E-state index contributed by atoms with van der Waals surface area (Å²) in [5.74, 6) is -0.220. The molecule has 6 nitrogen and oxygen atoms in total. The molecule has 1 aromatic carbocycles. The molecule has 1 aromatic heterocycles. The van der Waals surface area contributed by atoms with E-state index in [4.69, 9.17) is 0 Å². The Bertz CT molecular complexity index is 884. The van der Waals surface area contributed by atoms with Crippen LogP contribution in [0.1, 0.15) is 52.1 Å². The highest BCUT2D eigenvalue weighted by atomic mass is 16.2. The second-order valence-corrected chi connectivity index (χ2v) is 8.00. The summed E-state index contributed by atoms with van der Waals surface area (Å²) in [5, 5.41) is 3.04. The van der Waals surface area contributed by atoms with E-state index in [1.165, 1.54) is 11.3 Å². The number of pyridine rings is 1. The maximum Gasteiger partial charge on any atom is 0.270 e. The molecule has 1 saturated heterocycles. The van der Waals surface area contributed by atoms with Crippen molar-refractivity contribution in [2.75, 3.05) is 31.1 Å². The molecule has 0 bridgehead atoms. The lowest BCUT2D eigenvalue weighted by Gasteiger charge is -2.36. The van der Waals surface area contributed by atoms with Crippen molar-refractivity contribution in [2.45, 2.75) is 38.6 Å². The first-order chi connectivity index (χ1) is 14.1. The highest BCUT2D eigenvalue weighted by Gasteiger charge is 2.24. The second kappa shape index (κ2) is 8.64. The number of benzene rings is 1. The van der Waals surface area contributed by atoms with Crippen LogP contribution in [0.4, 0.5) is 5.69 Å². The number of hydrogen-bond donors (Lipinski definition) is 1. The van der Waals surface area contributed by atoms with Crippen LogP contribution < -0.4 is 10.2 Å². The molecular formula is C23H28N4O2. The van der Waals surface area contributed by atoms with Gasteiger partial charge < -0.3 is 15.1 Å². The molecule has 0 unspecified atom stereocenters. The topological polar surface area (TPSA) is 65.5 Å². The lowest BCUT2D eigenvalue weighted by atomic mass is 10.1. The van der Waals surface area contributed by atoms with Gasteiger partial charge in [-0.3, -0.25) is 14.6 Å². The van der Waals surface area contributed by atoms with E-state index in [1.54, 1.807) is 18.3 Å².